The molecular formula is C12H17N3O2. The average Bonchev–Trinajstić information content (AvgIpc) is 2.39. The zero-order valence-corrected chi connectivity index (χ0v) is 9.84. The van der Waals surface area contributed by atoms with E-state index in [1.807, 2.05) is 37.3 Å². The summed E-state index contributed by atoms with van der Waals surface area (Å²) in [6.07, 6.45) is 0.766. The number of rotatable bonds is 5. The molecule has 0 aromatic heterocycles. The van der Waals surface area contributed by atoms with Crippen molar-refractivity contribution < 1.29 is 10.0 Å². The fourth-order valence-corrected chi connectivity index (χ4v) is 1.47. The highest BCUT2D eigenvalue weighted by atomic mass is 16.4. The maximum atomic E-state index is 11.8. The average molecular weight is 235 g/mol. The summed E-state index contributed by atoms with van der Waals surface area (Å²) >= 11 is 0. The molecule has 0 atom stereocenters. The van der Waals surface area contributed by atoms with Gasteiger partial charge in [0.05, 0.1) is 0 Å². The van der Waals surface area contributed by atoms with Gasteiger partial charge in [0, 0.05) is 25.1 Å². The number of hydrogen-bond donors (Lipinski definition) is 2. The smallest absolute Gasteiger partial charge is 0.226 e. The van der Waals surface area contributed by atoms with E-state index in [0.29, 0.717) is 19.4 Å². The van der Waals surface area contributed by atoms with E-state index < -0.39 is 0 Å². The number of anilines is 1. The van der Waals surface area contributed by atoms with Crippen LogP contribution in [0.15, 0.2) is 35.5 Å². The van der Waals surface area contributed by atoms with Crippen molar-refractivity contribution in [3.63, 3.8) is 0 Å². The van der Waals surface area contributed by atoms with Crippen molar-refractivity contribution in [2.75, 3.05) is 11.4 Å². The maximum absolute atomic E-state index is 11.8. The lowest BCUT2D eigenvalue weighted by molar-refractivity contribution is -0.118. The number of nitrogens with two attached hydrogens (primary N) is 1. The van der Waals surface area contributed by atoms with Crippen LogP contribution in [0, 0.1) is 0 Å². The summed E-state index contributed by atoms with van der Waals surface area (Å²) in [5, 5.41) is 11.4. The van der Waals surface area contributed by atoms with Crippen molar-refractivity contribution in [1.29, 1.82) is 0 Å². The Morgan fingerprint density at radius 3 is 2.59 bits per heavy atom. The lowest BCUT2D eigenvalue weighted by Gasteiger charge is -2.22. The lowest BCUT2D eigenvalue weighted by Crippen LogP contribution is -2.33. The first-order valence-electron chi connectivity index (χ1n) is 5.50. The van der Waals surface area contributed by atoms with Crippen LogP contribution in [-0.2, 0) is 4.79 Å². The molecule has 92 valence electrons. The predicted octanol–water partition coefficient (Wildman–Crippen LogP) is 1.57. The Morgan fingerprint density at radius 2 is 2.06 bits per heavy atom. The zero-order valence-electron chi connectivity index (χ0n) is 9.84. The number of amides is 1. The van der Waals surface area contributed by atoms with Gasteiger partial charge in [0.2, 0.25) is 5.91 Å². The zero-order chi connectivity index (χ0) is 12.7. The van der Waals surface area contributed by atoms with Gasteiger partial charge in [-0.2, -0.15) is 0 Å². The van der Waals surface area contributed by atoms with E-state index >= 15 is 0 Å². The molecule has 3 N–H and O–H groups in total. The van der Waals surface area contributed by atoms with Gasteiger partial charge in [-0.1, -0.05) is 30.3 Å². The molecule has 0 spiro atoms. The van der Waals surface area contributed by atoms with Crippen molar-refractivity contribution in [3.05, 3.63) is 30.3 Å². The molecule has 0 aliphatic rings. The van der Waals surface area contributed by atoms with Crippen LogP contribution in [-0.4, -0.2) is 23.5 Å². The fourth-order valence-electron chi connectivity index (χ4n) is 1.47. The highest BCUT2D eigenvalue weighted by molar-refractivity contribution is 5.94. The number of carbonyl (C=O) groups excluding carboxylic acids is 1. The third kappa shape index (κ3) is 3.79. The summed E-state index contributed by atoms with van der Waals surface area (Å²) in [5.74, 6) is 0.136. The van der Waals surface area contributed by atoms with Gasteiger partial charge in [-0.05, 0) is 12.1 Å². The Morgan fingerprint density at radius 1 is 1.41 bits per heavy atom. The first-order valence-corrected chi connectivity index (χ1v) is 5.50. The van der Waals surface area contributed by atoms with Gasteiger partial charge in [0.1, 0.15) is 5.84 Å². The number of oxime groups is 1. The molecule has 0 unspecified atom stereocenters. The number of para-hydroxylation sites is 1. The van der Waals surface area contributed by atoms with E-state index in [1.165, 1.54) is 0 Å². The molecular weight excluding hydrogens is 218 g/mol. The minimum atomic E-state index is 0.0157. The van der Waals surface area contributed by atoms with Crippen LogP contribution in [0.4, 0.5) is 5.69 Å². The molecule has 5 nitrogen and oxygen atoms in total. The van der Waals surface area contributed by atoms with Gasteiger partial charge in [0.15, 0.2) is 0 Å². The second kappa shape index (κ2) is 6.52. The molecule has 0 bridgehead atoms. The summed E-state index contributed by atoms with van der Waals surface area (Å²) in [4.78, 5) is 13.4. The van der Waals surface area contributed by atoms with Crippen molar-refractivity contribution in [2.24, 2.45) is 10.9 Å². The summed E-state index contributed by atoms with van der Waals surface area (Å²) in [7, 11) is 0. The van der Waals surface area contributed by atoms with E-state index in [0.717, 1.165) is 5.69 Å². The second-order valence-corrected chi connectivity index (χ2v) is 3.58. The Balaban J connectivity index is 2.78. The van der Waals surface area contributed by atoms with Crippen molar-refractivity contribution in [1.82, 2.24) is 0 Å². The van der Waals surface area contributed by atoms with Gasteiger partial charge in [0.25, 0.3) is 0 Å². The summed E-state index contributed by atoms with van der Waals surface area (Å²) in [6.45, 7) is 2.22. The summed E-state index contributed by atoms with van der Waals surface area (Å²) < 4.78 is 0. The highest BCUT2D eigenvalue weighted by Crippen LogP contribution is 2.14. The number of nitrogens with zero attached hydrogens (tertiary/aromatic N) is 2. The third-order valence-corrected chi connectivity index (χ3v) is 2.39. The minimum Gasteiger partial charge on any atom is -0.409 e. The molecule has 1 amide bonds. The van der Waals surface area contributed by atoms with Crippen molar-refractivity contribution >= 4 is 17.4 Å². The molecule has 0 saturated carbocycles. The minimum absolute atomic E-state index is 0.0157. The summed E-state index contributed by atoms with van der Waals surface area (Å²) in [6, 6.07) is 9.35. The number of carbonyl (C=O) groups is 1. The SMILES string of the molecule is CCC(=O)N(CCC(N)=NO)c1ccccc1. The van der Waals surface area contributed by atoms with Crippen molar-refractivity contribution in [2.45, 2.75) is 19.8 Å². The standard InChI is InChI=1S/C12H17N3O2/c1-2-12(16)15(9-8-11(13)14-17)10-6-4-3-5-7-10/h3-7,17H,2,8-9H2,1H3,(H2,13,14). The van der Waals surface area contributed by atoms with Crippen LogP contribution in [0.25, 0.3) is 0 Å². The quantitative estimate of drug-likeness (QED) is 0.352. The largest absolute Gasteiger partial charge is 0.409 e. The van der Waals surface area contributed by atoms with E-state index in [9.17, 15) is 4.79 Å². The Hall–Kier alpha value is -2.04. The third-order valence-electron chi connectivity index (χ3n) is 2.39. The normalized spacial score (nSPS) is 11.2. The van der Waals surface area contributed by atoms with Gasteiger partial charge >= 0.3 is 0 Å². The molecule has 1 aromatic rings. The number of hydrogen-bond acceptors (Lipinski definition) is 3. The van der Waals surface area contributed by atoms with Crippen molar-refractivity contribution in [3.8, 4) is 0 Å². The maximum Gasteiger partial charge on any atom is 0.226 e. The molecule has 17 heavy (non-hydrogen) atoms. The first kappa shape index (κ1) is 13.0. The van der Waals surface area contributed by atoms with E-state index in [2.05, 4.69) is 5.16 Å². The number of benzene rings is 1. The van der Waals surface area contributed by atoms with E-state index in [4.69, 9.17) is 10.9 Å². The van der Waals surface area contributed by atoms with Gasteiger partial charge in [-0.25, -0.2) is 0 Å². The fraction of sp³-hybridized carbons (Fsp3) is 0.333. The predicted molar refractivity (Wildman–Crippen MR) is 67.1 cm³/mol. The first-order chi connectivity index (χ1) is 8.19. The molecule has 0 radical (unpaired) electrons. The molecule has 0 saturated heterocycles. The van der Waals surface area contributed by atoms with Gasteiger partial charge < -0.3 is 15.8 Å². The van der Waals surface area contributed by atoms with Crippen LogP contribution >= 0.6 is 0 Å². The summed E-state index contributed by atoms with van der Waals surface area (Å²) in [5.41, 5.74) is 6.23. The molecule has 0 aliphatic heterocycles. The number of amidine groups is 1. The molecule has 1 aromatic carbocycles. The van der Waals surface area contributed by atoms with Gasteiger partial charge in [-0.15, -0.1) is 0 Å². The van der Waals surface area contributed by atoms with E-state index in [-0.39, 0.29) is 11.7 Å². The lowest BCUT2D eigenvalue weighted by atomic mass is 10.2. The Kier molecular flexibility index (Phi) is 5.00. The Labute approximate surface area is 101 Å². The second-order valence-electron chi connectivity index (χ2n) is 3.58. The molecule has 5 heteroatoms. The van der Waals surface area contributed by atoms with Crippen LogP contribution in [0.2, 0.25) is 0 Å². The van der Waals surface area contributed by atoms with Crippen LogP contribution in [0.1, 0.15) is 19.8 Å². The Bertz CT molecular complexity index is 390. The van der Waals surface area contributed by atoms with Gasteiger partial charge in [-0.3, -0.25) is 4.79 Å². The van der Waals surface area contributed by atoms with Crippen LogP contribution in [0.5, 0.6) is 0 Å². The van der Waals surface area contributed by atoms with E-state index in [1.54, 1.807) is 4.90 Å². The molecule has 0 heterocycles. The topological polar surface area (TPSA) is 78.9 Å². The molecule has 0 aliphatic carbocycles. The van der Waals surface area contributed by atoms with Crippen LogP contribution < -0.4 is 10.6 Å². The molecule has 0 fully saturated rings. The monoisotopic (exact) mass is 235 g/mol. The van der Waals surface area contributed by atoms with Crippen LogP contribution in [0.3, 0.4) is 0 Å². The highest BCUT2D eigenvalue weighted by Gasteiger charge is 2.13. The molecule has 1 rings (SSSR count).